The Hall–Kier alpha value is -4.13. The first-order valence-corrected chi connectivity index (χ1v) is 11.9. The third kappa shape index (κ3) is 4.89. The number of nitrogens with one attached hydrogen (secondary N) is 1. The van der Waals surface area contributed by atoms with Gasteiger partial charge >= 0.3 is 0 Å². The van der Waals surface area contributed by atoms with Crippen LogP contribution in [0.2, 0.25) is 0 Å². The molecule has 1 N–H and O–H groups in total. The lowest BCUT2D eigenvalue weighted by Gasteiger charge is -2.32. The van der Waals surface area contributed by atoms with Gasteiger partial charge in [-0.25, -0.2) is 4.68 Å². The highest BCUT2D eigenvalue weighted by atomic mass is 16.3. The molecular weight excluding hydrogens is 440 g/mol. The normalized spacial score (nSPS) is 14.2. The second-order valence-electron chi connectivity index (χ2n) is 8.99. The maximum absolute atomic E-state index is 13.6. The Morgan fingerprint density at radius 1 is 0.971 bits per heavy atom. The van der Waals surface area contributed by atoms with E-state index in [4.69, 9.17) is 9.52 Å². The van der Waals surface area contributed by atoms with Gasteiger partial charge in [-0.15, -0.1) is 0 Å². The monoisotopic (exact) mass is 468 g/mol. The van der Waals surface area contributed by atoms with Gasteiger partial charge in [-0.05, 0) is 57.0 Å². The Bertz CT molecular complexity index is 1350. The molecular formula is C28H28N4O3. The molecule has 1 saturated heterocycles. The van der Waals surface area contributed by atoms with Gasteiger partial charge in [0.15, 0.2) is 5.76 Å². The van der Waals surface area contributed by atoms with Gasteiger partial charge in [-0.1, -0.05) is 42.0 Å². The number of carbonyl (C=O) groups excluding carboxylic acids is 2. The Kier molecular flexibility index (Phi) is 6.23. The number of carbonyl (C=O) groups is 2. The predicted molar refractivity (Wildman–Crippen MR) is 134 cm³/mol. The quantitative estimate of drug-likeness (QED) is 0.457. The van der Waals surface area contributed by atoms with Crippen LogP contribution in [0.5, 0.6) is 0 Å². The van der Waals surface area contributed by atoms with Gasteiger partial charge < -0.3 is 14.6 Å². The lowest BCUT2D eigenvalue weighted by molar-refractivity contribution is 0.0696. The van der Waals surface area contributed by atoms with Crippen molar-refractivity contribution in [3.8, 4) is 16.9 Å². The number of rotatable bonds is 5. The minimum Gasteiger partial charge on any atom is -0.456 e. The van der Waals surface area contributed by atoms with Crippen LogP contribution in [-0.2, 0) is 0 Å². The number of hydrogen-bond acceptors (Lipinski definition) is 4. The number of nitrogens with zero attached hydrogens (tertiary/aromatic N) is 3. The van der Waals surface area contributed by atoms with Crippen LogP contribution < -0.4 is 5.32 Å². The number of benzene rings is 2. The molecule has 2 aromatic heterocycles. The van der Waals surface area contributed by atoms with Gasteiger partial charge in [-0.2, -0.15) is 5.10 Å². The molecule has 7 nitrogen and oxygen atoms in total. The molecule has 0 spiro atoms. The van der Waals surface area contributed by atoms with Gasteiger partial charge in [0.05, 0.1) is 11.3 Å². The van der Waals surface area contributed by atoms with Crippen molar-refractivity contribution in [1.82, 2.24) is 20.0 Å². The third-order valence-corrected chi connectivity index (χ3v) is 6.34. The van der Waals surface area contributed by atoms with Gasteiger partial charge in [0.1, 0.15) is 11.5 Å². The summed E-state index contributed by atoms with van der Waals surface area (Å²) in [5.41, 5.74) is 4.17. The summed E-state index contributed by atoms with van der Waals surface area (Å²) in [5, 5.41) is 7.83. The molecule has 35 heavy (non-hydrogen) atoms. The fourth-order valence-electron chi connectivity index (χ4n) is 4.46. The zero-order valence-corrected chi connectivity index (χ0v) is 19.9. The molecule has 1 fully saturated rings. The van der Waals surface area contributed by atoms with Gasteiger partial charge in [0.2, 0.25) is 0 Å². The summed E-state index contributed by atoms with van der Waals surface area (Å²) in [6.07, 6.45) is 3.19. The van der Waals surface area contributed by atoms with Crippen LogP contribution in [-0.4, -0.2) is 45.6 Å². The highest BCUT2D eigenvalue weighted by molar-refractivity contribution is 6.00. The summed E-state index contributed by atoms with van der Waals surface area (Å²) in [7, 11) is 0. The molecule has 0 unspecified atom stereocenters. The summed E-state index contributed by atoms with van der Waals surface area (Å²) >= 11 is 0. The molecule has 5 rings (SSSR count). The van der Waals surface area contributed by atoms with E-state index in [1.54, 1.807) is 16.8 Å². The van der Waals surface area contributed by atoms with Crippen molar-refractivity contribution in [2.45, 2.75) is 32.7 Å². The fraction of sp³-hybridized carbons (Fsp3) is 0.250. The summed E-state index contributed by atoms with van der Waals surface area (Å²) in [4.78, 5) is 27.9. The van der Waals surface area contributed by atoms with Crippen molar-refractivity contribution < 1.29 is 14.0 Å². The van der Waals surface area contributed by atoms with Crippen LogP contribution in [0.4, 0.5) is 0 Å². The van der Waals surface area contributed by atoms with Crippen molar-refractivity contribution in [3.63, 3.8) is 0 Å². The van der Waals surface area contributed by atoms with E-state index >= 15 is 0 Å². The number of piperidine rings is 1. The first kappa shape index (κ1) is 22.7. The Morgan fingerprint density at radius 2 is 1.74 bits per heavy atom. The average molecular weight is 469 g/mol. The number of para-hydroxylation sites is 1. The second-order valence-corrected chi connectivity index (χ2v) is 8.99. The van der Waals surface area contributed by atoms with E-state index < -0.39 is 0 Å². The maximum Gasteiger partial charge on any atom is 0.287 e. The van der Waals surface area contributed by atoms with E-state index in [-0.39, 0.29) is 17.9 Å². The Morgan fingerprint density at radius 3 is 2.43 bits per heavy atom. The SMILES string of the molecule is Cc1cccc(-c2nn(-c3ccccc3)cc2C(=O)N2CCC(NC(=O)c3ccc(C)o3)CC2)c1. The Labute approximate surface area is 204 Å². The lowest BCUT2D eigenvalue weighted by Crippen LogP contribution is -2.46. The van der Waals surface area contributed by atoms with Crippen molar-refractivity contribution in [1.29, 1.82) is 0 Å². The van der Waals surface area contributed by atoms with Crippen molar-refractivity contribution in [3.05, 3.63) is 95.6 Å². The largest absolute Gasteiger partial charge is 0.456 e. The molecule has 178 valence electrons. The number of amides is 2. The van der Waals surface area contributed by atoms with Crippen LogP contribution in [0.15, 0.2) is 77.3 Å². The van der Waals surface area contributed by atoms with Gasteiger partial charge in [0, 0.05) is 30.9 Å². The molecule has 4 aromatic rings. The van der Waals surface area contributed by atoms with E-state index in [0.717, 1.165) is 16.8 Å². The molecule has 1 aliphatic rings. The minimum atomic E-state index is -0.214. The fourth-order valence-corrected chi connectivity index (χ4v) is 4.46. The topological polar surface area (TPSA) is 80.4 Å². The number of hydrogen-bond donors (Lipinski definition) is 1. The number of aromatic nitrogens is 2. The first-order valence-electron chi connectivity index (χ1n) is 11.9. The highest BCUT2D eigenvalue weighted by Crippen LogP contribution is 2.27. The predicted octanol–water partition coefficient (Wildman–Crippen LogP) is 4.78. The average Bonchev–Trinajstić information content (AvgIpc) is 3.52. The zero-order valence-electron chi connectivity index (χ0n) is 19.9. The van der Waals surface area contributed by atoms with Crippen molar-refractivity contribution in [2.75, 3.05) is 13.1 Å². The Balaban J connectivity index is 1.34. The van der Waals surface area contributed by atoms with Crippen molar-refractivity contribution in [2.24, 2.45) is 0 Å². The minimum absolute atomic E-state index is 0.000224. The van der Waals surface area contributed by atoms with Gasteiger partial charge in [0.25, 0.3) is 11.8 Å². The second kappa shape index (κ2) is 9.62. The smallest absolute Gasteiger partial charge is 0.287 e. The molecule has 1 aliphatic heterocycles. The molecule has 7 heteroatoms. The van der Waals surface area contributed by atoms with Gasteiger partial charge in [-0.3, -0.25) is 9.59 Å². The van der Waals surface area contributed by atoms with E-state index in [1.807, 2.05) is 79.5 Å². The van der Waals surface area contributed by atoms with E-state index in [2.05, 4.69) is 5.32 Å². The maximum atomic E-state index is 13.6. The number of furan rings is 1. The van der Waals surface area contributed by atoms with Crippen LogP contribution in [0.25, 0.3) is 16.9 Å². The zero-order chi connectivity index (χ0) is 24.4. The summed E-state index contributed by atoms with van der Waals surface area (Å²) in [6.45, 7) is 4.96. The van der Waals surface area contributed by atoms with E-state index in [0.29, 0.717) is 48.7 Å². The molecule has 0 bridgehead atoms. The standard InChI is InChI=1S/C28H28N4O3/c1-19-7-6-8-21(17-19)26-24(18-32(30-26)23-9-4-3-5-10-23)28(34)31-15-13-22(14-16-31)29-27(33)25-12-11-20(2)35-25/h3-12,17-18,22H,13-16H2,1-2H3,(H,29,33). The lowest BCUT2D eigenvalue weighted by atomic mass is 10.0. The number of aryl methyl sites for hydroxylation is 2. The number of likely N-dealkylation sites (tertiary alicyclic amines) is 1. The van der Waals surface area contributed by atoms with Crippen LogP contribution in [0.3, 0.4) is 0 Å². The third-order valence-electron chi connectivity index (χ3n) is 6.34. The first-order chi connectivity index (χ1) is 17.0. The molecule has 0 aliphatic carbocycles. The van der Waals surface area contributed by atoms with Crippen LogP contribution in [0.1, 0.15) is 45.1 Å². The highest BCUT2D eigenvalue weighted by Gasteiger charge is 2.28. The molecule has 0 atom stereocenters. The summed E-state index contributed by atoms with van der Waals surface area (Å²) in [6, 6.07) is 21.3. The molecule has 2 amide bonds. The molecule has 3 heterocycles. The summed E-state index contributed by atoms with van der Waals surface area (Å²) < 4.78 is 7.19. The van der Waals surface area contributed by atoms with Crippen LogP contribution >= 0.6 is 0 Å². The van der Waals surface area contributed by atoms with E-state index in [9.17, 15) is 9.59 Å². The molecule has 2 aromatic carbocycles. The van der Waals surface area contributed by atoms with Crippen LogP contribution in [0, 0.1) is 13.8 Å². The molecule has 0 saturated carbocycles. The van der Waals surface area contributed by atoms with Crippen molar-refractivity contribution >= 4 is 11.8 Å². The molecule has 0 radical (unpaired) electrons. The van der Waals surface area contributed by atoms with E-state index in [1.165, 1.54) is 0 Å². The summed E-state index contributed by atoms with van der Waals surface area (Å²) in [5.74, 6) is 0.761.